The van der Waals surface area contributed by atoms with Crippen LogP contribution in [0.4, 0.5) is 15.2 Å². The molecule has 1 saturated heterocycles. The van der Waals surface area contributed by atoms with Gasteiger partial charge in [-0.25, -0.2) is 9.37 Å². The van der Waals surface area contributed by atoms with Crippen LogP contribution in [0.1, 0.15) is 12.8 Å². The smallest absolute Gasteiger partial charge is 0.234 e. The molecule has 2 amide bonds. The average molecular weight is 537 g/mol. The van der Waals surface area contributed by atoms with Crippen molar-refractivity contribution in [3.05, 3.63) is 42.2 Å². The van der Waals surface area contributed by atoms with Gasteiger partial charge in [-0.2, -0.15) is 0 Å². The lowest BCUT2D eigenvalue weighted by Gasteiger charge is -2.24. The highest BCUT2D eigenvalue weighted by molar-refractivity contribution is 7.22. The zero-order valence-electron chi connectivity index (χ0n) is 20.7. The van der Waals surface area contributed by atoms with E-state index in [4.69, 9.17) is 14.5 Å². The highest BCUT2D eigenvalue weighted by Crippen LogP contribution is 2.41. The van der Waals surface area contributed by atoms with Crippen molar-refractivity contribution in [2.24, 2.45) is 5.92 Å². The molecule has 194 valence electrons. The van der Waals surface area contributed by atoms with Crippen LogP contribution in [0.15, 0.2) is 36.4 Å². The van der Waals surface area contributed by atoms with Crippen molar-refractivity contribution >= 4 is 56.6 Å². The van der Waals surface area contributed by atoms with Gasteiger partial charge in [0.25, 0.3) is 0 Å². The van der Waals surface area contributed by atoms with Gasteiger partial charge in [-0.05, 0) is 63.5 Å². The zero-order chi connectivity index (χ0) is 25.1. The number of rotatable bonds is 9. The third-order valence-electron chi connectivity index (χ3n) is 6.00. The summed E-state index contributed by atoms with van der Waals surface area (Å²) in [5, 5.41) is 0.541. The minimum absolute atomic E-state index is 0. The van der Waals surface area contributed by atoms with Gasteiger partial charge in [0, 0.05) is 25.2 Å². The molecular weight excluding hydrogens is 507 g/mol. The summed E-state index contributed by atoms with van der Waals surface area (Å²) in [5.74, 6) is 0.0466. The Morgan fingerprint density at radius 2 is 1.78 bits per heavy atom. The number of anilines is 2. The molecule has 4 rings (SSSR count). The maximum absolute atomic E-state index is 13.8. The summed E-state index contributed by atoms with van der Waals surface area (Å²) in [6.45, 7) is 1.50. The van der Waals surface area contributed by atoms with Crippen LogP contribution in [0, 0.1) is 11.7 Å². The number of hydrogen-bond acceptors (Lipinski definition) is 7. The van der Waals surface area contributed by atoms with Crippen molar-refractivity contribution in [1.29, 1.82) is 0 Å². The molecule has 0 saturated carbocycles. The van der Waals surface area contributed by atoms with Crippen LogP contribution in [0.5, 0.6) is 11.5 Å². The van der Waals surface area contributed by atoms with E-state index in [-0.39, 0.29) is 43.0 Å². The van der Waals surface area contributed by atoms with Gasteiger partial charge >= 0.3 is 0 Å². The predicted octanol–water partition coefficient (Wildman–Crippen LogP) is 4.21. The van der Waals surface area contributed by atoms with Crippen molar-refractivity contribution in [2.45, 2.75) is 12.8 Å². The Morgan fingerprint density at radius 1 is 1.11 bits per heavy atom. The first-order chi connectivity index (χ1) is 16.8. The van der Waals surface area contributed by atoms with E-state index in [1.807, 2.05) is 20.2 Å². The van der Waals surface area contributed by atoms with E-state index >= 15 is 0 Å². The predicted molar refractivity (Wildman–Crippen MR) is 142 cm³/mol. The van der Waals surface area contributed by atoms with E-state index in [2.05, 4.69) is 4.90 Å². The molecule has 36 heavy (non-hydrogen) atoms. The maximum atomic E-state index is 13.8. The molecule has 2 aromatic carbocycles. The summed E-state index contributed by atoms with van der Waals surface area (Å²) in [6, 6.07) is 9.35. The van der Waals surface area contributed by atoms with Crippen molar-refractivity contribution in [3.63, 3.8) is 0 Å². The van der Waals surface area contributed by atoms with Crippen molar-refractivity contribution < 1.29 is 23.5 Å². The molecule has 1 aromatic heterocycles. The van der Waals surface area contributed by atoms with Gasteiger partial charge in [0.1, 0.15) is 27.5 Å². The number of carbonyl (C=O) groups is 2. The van der Waals surface area contributed by atoms with E-state index in [0.29, 0.717) is 34.4 Å². The highest BCUT2D eigenvalue weighted by atomic mass is 35.5. The monoisotopic (exact) mass is 536 g/mol. The van der Waals surface area contributed by atoms with Gasteiger partial charge in [0.05, 0.1) is 20.1 Å². The number of ether oxygens (including phenoxy) is 2. The van der Waals surface area contributed by atoms with Gasteiger partial charge in [-0.3, -0.25) is 14.5 Å². The van der Waals surface area contributed by atoms with Gasteiger partial charge in [0.2, 0.25) is 11.8 Å². The molecule has 11 heteroatoms. The first-order valence-electron chi connectivity index (χ1n) is 11.4. The van der Waals surface area contributed by atoms with Gasteiger partial charge in [0.15, 0.2) is 5.13 Å². The number of aromatic nitrogens is 1. The maximum Gasteiger partial charge on any atom is 0.234 e. The van der Waals surface area contributed by atoms with Crippen LogP contribution in [0.2, 0.25) is 0 Å². The molecule has 0 aliphatic carbocycles. The summed E-state index contributed by atoms with van der Waals surface area (Å²) in [7, 11) is 7.13. The summed E-state index contributed by atoms with van der Waals surface area (Å²) < 4.78 is 25.1. The number of methoxy groups -OCH3 is 2. The standard InChI is InChI=1S/C25H29FN4O4S.ClH/c1-28(2)12-5-13-29(25-27-22-19(33-3)10-11-20(34-4)23(22)35-25)24(32)16-14-21(31)30(15-16)18-8-6-17(26)7-9-18;/h6-11,16H,5,12-15H2,1-4H3;1H. The summed E-state index contributed by atoms with van der Waals surface area (Å²) in [6.07, 6.45) is 0.837. The Balaban J connectivity index is 0.00000361. The van der Waals surface area contributed by atoms with Crippen LogP contribution in [-0.2, 0) is 9.59 Å². The van der Waals surface area contributed by atoms with E-state index in [1.165, 1.54) is 23.5 Å². The fraction of sp³-hybridized carbons (Fsp3) is 0.400. The molecule has 0 N–H and O–H groups in total. The summed E-state index contributed by atoms with van der Waals surface area (Å²) in [5.41, 5.74) is 1.22. The number of halogens is 2. The lowest BCUT2D eigenvalue weighted by molar-refractivity contribution is -0.124. The number of thiazole rings is 1. The van der Waals surface area contributed by atoms with E-state index in [9.17, 15) is 14.0 Å². The first-order valence-corrected chi connectivity index (χ1v) is 12.2. The van der Waals surface area contributed by atoms with Gasteiger partial charge in [-0.1, -0.05) is 11.3 Å². The number of amides is 2. The second-order valence-electron chi connectivity index (χ2n) is 8.67. The fourth-order valence-electron chi connectivity index (χ4n) is 4.20. The lowest BCUT2D eigenvalue weighted by Crippen LogP contribution is -2.39. The van der Waals surface area contributed by atoms with Gasteiger partial charge < -0.3 is 19.3 Å². The molecule has 1 fully saturated rings. The topological polar surface area (TPSA) is 75.2 Å². The minimum Gasteiger partial charge on any atom is -0.495 e. The van der Waals surface area contributed by atoms with E-state index in [1.54, 1.807) is 42.2 Å². The molecule has 8 nitrogen and oxygen atoms in total. The third-order valence-corrected chi connectivity index (χ3v) is 7.09. The van der Waals surface area contributed by atoms with Crippen molar-refractivity contribution in [2.75, 3.05) is 57.7 Å². The molecule has 1 atom stereocenters. The lowest BCUT2D eigenvalue weighted by atomic mass is 10.1. The van der Waals surface area contributed by atoms with Crippen LogP contribution in [-0.4, -0.2) is 69.6 Å². The molecule has 1 aliphatic rings. The minimum atomic E-state index is -0.525. The molecular formula is C25H30ClFN4O4S. The quantitative estimate of drug-likeness (QED) is 0.408. The third kappa shape index (κ3) is 5.71. The SMILES string of the molecule is COc1ccc(OC)c2sc(N(CCCN(C)C)C(=O)C3CC(=O)N(c4ccc(F)cc4)C3)nc12.Cl. The largest absolute Gasteiger partial charge is 0.495 e. The number of carbonyl (C=O) groups excluding carboxylic acids is 2. The highest BCUT2D eigenvalue weighted by Gasteiger charge is 2.38. The van der Waals surface area contributed by atoms with E-state index in [0.717, 1.165) is 17.7 Å². The molecule has 2 heterocycles. The Kier molecular flexibility index (Phi) is 9.10. The summed E-state index contributed by atoms with van der Waals surface area (Å²) in [4.78, 5) is 36.6. The van der Waals surface area contributed by atoms with Crippen molar-refractivity contribution in [3.8, 4) is 11.5 Å². The number of benzene rings is 2. The first kappa shape index (κ1) is 27.6. The fourth-order valence-corrected chi connectivity index (χ4v) is 5.30. The second-order valence-corrected chi connectivity index (χ2v) is 9.65. The molecule has 0 radical (unpaired) electrons. The zero-order valence-corrected chi connectivity index (χ0v) is 22.3. The Morgan fingerprint density at radius 3 is 2.42 bits per heavy atom. The van der Waals surface area contributed by atoms with Gasteiger partial charge in [-0.15, -0.1) is 12.4 Å². The Hall–Kier alpha value is -2.95. The van der Waals surface area contributed by atoms with Crippen LogP contribution < -0.4 is 19.3 Å². The van der Waals surface area contributed by atoms with Crippen LogP contribution >= 0.6 is 23.7 Å². The van der Waals surface area contributed by atoms with E-state index < -0.39 is 5.92 Å². The summed E-state index contributed by atoms with van der Waals surface area (Å²) >= 11 is 1.37. The normalized spacial score (nSPS) is 15.3. The number of nitrogens with zero attached hydrogens (tertiary/aromatic N) is 4. The Labute approximate surface area is 220 Å². The van der Waals surface area contributed by atoms with Crippen LogP contribution in [0.3, 0.4) is 0 Å². The number of fused-ring (bicyclic) bond motifs is 1. The second kappa shape index (κ2) is 11.9. The molecule has 1 unspecified atom stereocenters. The molecule has 0 spiro atoms. The van der Waals surface area contributed by atoms with Crippen LogP contribution in [0.25, 0.3) is 10.2 Å². The molecule has 1 aliphatic heterocycles. The van der Waals surface area contributed by atoms with Crippen molar-refractivity contribution in [1.82, 2.24) is 9.88 Å². The number of hydrogen-bond donors (Lipinski definition) is 0. The Bertz CT molecular complexity index is 1180. The molecule has 3 aromatic rings. The molecule has 0 bridgehead atoms. The average Bonchev–Trinajstić information content (AvgIpc) is 3.45.